The number of ether oxygens (including phenoxy) is 1. The van der Waals surface area contributed by atoms with Gasteiger partial charge in [0.05, 0.1) is 24.5 Å². The van der Waals surface area contributed by atoms with Crippen LogP contribution in [0.5, 0.6) is 0 Å². The predicted octanol–water partition coefficient (Wildman–Crippen LogP) is 5.60. The van der Waals surface area contributed by atoms with Gasteiger partial charge in [-0.25, -0.2) is 9.78 Å². The van der Waals surface area contributed by atoms with E-state index in [1.165, 1.54) is 12.1 Å². The van der Waals surface area contributed by atoms with Crippen LogP contribution >= 0.6 is 11.6 Å². The van der Waals surface area contributed by atoms with Crippen LogP contribution in [-0.2, 0) is 24.1 Å². The van der Waals surface area contributed by atoms with Crippen LogP contribution in [0.4, 0.5) is 13.2 Å². The van der Waals surface area contributed by atoms with Crippen LogP contribution in [0.15, 0.2) is 18.2 Å². The molecule has 0 aromatic carbocycles. The number of aromatic nitrogens is 2. The molecule has 0 aliphatic carbocycles. The summed E-state index contributed by atoms with van der Waals surface area (Å²) in [7, 11) is 0. The van der Waals surface area contributed by atoms with E-state index in [0.29, 0.717) is 36.5 Å². The number of carboxylic acid groups (broad SMARTS) is 1. The summed E-state index contributed by atoms with van der Waals surface area (Å²) in [6.07, 6.45) is -2.00. The van der Waals surface area contributed by atoms with E-state index in [2.05, 4.69) is 4.98 Å². The second-order valence-corrected chi connectivity index (χ2v) is 8.78. The summed E-state index contributed by atoms with van der Waals surface area (Å²) in [4.78, 5) is 29.0. The number of hydrogen-bond acceptors (Lipinski definition) is 4. The number of amides is 1. The minimum Gasteiger partial charge on any atom is -0.671 e. The van der Waals surface area contributed by atoms with Gasteiger partial charge < -0.3 is 25.0 Å². The quantitative estimate of drug-likeness (QED) is 0.533. The monoisotopic (exact) mass is 515 g/mol. The summed E-state index contributed by atoms with van der Waals surface area (Å²) in [6, 6.07) is 3.14. The molecule has 0 unspecified atom stereocenters. The zero-order valence-electron chi connectivity index (χ0n) is 19.4. The Morgan fingerprint density at radius 1 is 1.34 bits per heavy atom. The molecule has 2 atom stereocenters. The van der Waals surface area contributed by atoms with Gasteiger partial charge in [-0.05, 0) is 37.5 Å². The van der Waals surface area contributed by atoms with Gasteiger partial charge in [0.1, 0.15) is 16.5 Å². The molecule has 0 radical (unpaired) electrons. The van der Waals surface area contributed by atoms with Crippen molar-refractivity contribution in [2.24, 2.45) is 0 Å². The molecule has 192 valence electrons. The van der Waals surface area contributed by atoms with Crippen molar-refractivity contribution < 1.29 is 32.6 Å². The number of halogens is 4. The third-order valence-corrected chi connectivity index (χ3v) is 6.42. The van der Waals surface area contributed by atoms with E-state index in [1.807, 2.05) is 11.8 Å². The zero-order valence-corrected chi connectivity index (χ0v) is 20.1. The molecule has 2 aliphatic rings. The average molecular weight is 516 g/mol. The highest BCUT2D eigenvalue weighted by Crippen LogP contribution is 2.32. The van der Waals surface area contributed by atoms with Gasteiger partial charge in [-0.2, -0.15) is 13.2 Å². The SMILES string of the molecule is CC[C@@H]([NH-])c1ccc(C(F)(F)F)nc1Cl.C[C@H]1CCCN1C(=O)c1cc(C(=O)O)c2n1CCOC2. The Labute approximate surface area is 205 Å². The molecular formula is C23H27ClF3N4O4-. The molecule has 8 nitrogen and oxygen atoms in total. The van der Waals surface area contributed by atoms with E-state index in [0.717, 1.165) is 25.5 Å². The Balaban J connectivity index is 0.000000205. The second kappa shape index (κ2) is 11.0. The lowest BCUT2D eigenvalue weighted by molar-refractivity contribution is -0.141. The molecule has 1 fully saturated rings. The number of likely N-dealkylation sites (tertiary alicyclic amines) is 1. The molecule has 4 rings (SSSR count). The lowest BCUT2D eigenvalue weighted by Crippen LogP contribution is -2.35. The van der Waals surface area contributed by atoms with Gasteiger partial charge in [0, 0.05) is 19.1 Å². The van der Waals surface area contributed by atoms with E-state index in [1.54, 1.807) is 11.5 Å². The molecule has 1 amide bonds. The number of rotatable bonds is 4. The fraction of sp³-hybridized carbons (Fsp3) is 0.522. The van der Waals surface area contributed by atoms with Crippen LogP contribution in [-0.4, -0.2) is 50.6 Å². The van der Waals surface area contributed by atoms with Crippen molar-refractivity contribution in [3.05, 3.63) is 57.3 Å². The fourth-order valence-corrected chi connectivity index (χ4v) is 4.44. The van der Waals surface area contributed by atoms with Crippen LogP contribution < -0.4 is 0 Å². The lowest BCUT2D eigenvalue weighted by atomic mass is 10.1. The third kappa shape index (κ3) is 5.96. The molecule has 0 saturated carbocycles. The van der Waals surface area contributed by atoms with Crippen LogP contribution in [0.25, 0.3) is 5.73 Å². The van der Waals surface area contributed by atoms with E-state index >= 15 is 0 Å². The lowest BCUT2D eigenvalue weighted by Gasteiger charge is -2.24. The first kappa shape index (κ1) is 27.0. The van der Waals surface area contributed by atoms with Crippen molar-refractivity contribution >= 4 is 23.5 Å². The molecule has 2 aliphatic heterocycles. The molecule has 2 aromatic rings. The first-order chi connectivity index (χ1) is 16.5. The zero-order chi connectivity index (χ0) is 25.9. The molecule has 35 heavy (non-hydrogen) atoms. The molecule has 0 spiro atoms. The average Bonchev–Trinajstić information content (AvgIpc) is 3.42. The Morgan fingerprint density at radius 3 is 2.60 bits per heavy atom. The summed E-state index contributed by atoms with van der Waals surface area (Å²) >= 11 is 5.58. The summed E-state index contributed by atoms with van der Waals surface area (Å²) in [6.45, 7) is 5.84. The van der Waals surface area contributed by atoms with Crippen LogP contribution in [0.1, 0.15) is 76.9 Å². The number of aromatic carboxylic acids is 1. The maximum Gasteiger partial charge on any atom is 0.433 e. The number of hydrogen-bond donors (Lipinski definition) is 1. The van der Waals surface area contributed by atoms with Gasteiger partial charge in [0.25, 0.3) is 5.91 Å². The number of carboxylic acids is 1. The number of fused-ring (bicyclic) bond motifs is 1. The van der Waals surface area contributed by atoms with Gasteiger partial charge in [-0.15, -0.1) is 6.04 Å². The van der Waals surface area contributed by atoms with Gasteiger partial charge >= 0.3 is 12.1 Å². The van der Waals surface area contributed by atoms with Gasteiger partial charge in [-0.1, -0.05) is 31.0 Å². The maximum absolute atomic E-state index is 12.6. The number of pyridine rings is 1. The Kier molecular flexibility index (Phi) is 8.45. The number of nitrogens with zero attached hydrogens (tertiary/aromatic N) is 3. The molecule has 2 aromatic heterocycles. The minimum atomic E-state index is -4.49. The number of nitrogens with one attached hydrogen (secondary N) is 1. The highest BCUT2D eigenvalue weighted by atomic mass is 35.5. The highest BCUT2D eigenvalue weighted by molar-refractivity contribution is 6.30. The topological polar surface area (TPSA) is 108 Å². The molecule has 0 bridgehead atoms. The van der Waals surface area contributed by atoms with Crippen molar-refractivity contribution in [2.75, 3.05) is 13.2 Å². The molecule has 4 heterocycles. The first-order valence-corrected chi connectivity index (χ1v) is 11.6. The Hall–Kier alpha value is -2.63. The largest absolute Gasteiger partial charge is 0.671 e. The number of alkyl halides is 3. The third-order valence-electron chi connectivity index (χ3n) is 6.12. The molecule has 12 heteroatoms. The summed E-state index contributed by atoms with van der Waals surface area (Å²) in [5.41, 5.74) is 8.08. The van der Waals surface area contributed by atoms with Gasteiger partial charge in [0.15, 0.2) is 0 Å². The summed E-state index contributed by atoms with van der Waals surface area (Å²) in [5.74, 6) is -1.07. The Morgan fingerprint density at radius 2 is 2.06 bits per heavy atom. The van der Waals surface area contributed by atoms with E-state index in [4.69, 9.17) is 22.1 Å². The highest BCUT2D eigenvalue weighted by Gasteiger charge is 2.33. The van der Waals surface area contributed by atoms with E-state index < -0.39 is 23.9 Å². The second-order valence-electron chi connectivity index (χ2n) is 8.42. The van der Waals surface area contributed by atoms with Crippen molar-refractivity contribution in [1.29, 1.82) is 0 Å². The Bertz CT molecular complexity index is 1090. The smallest absolute Gasteiger partial charge is 0.433 e. The normalized spacial score (nSPS) is 18.5. The fourth-order valence-electron chi connectivity index (χ4n) is 4.15. The van der Waals surface area contributed by atoms with Crippen molar-refractivity contribution in [3.63, 3.8) is 0 Å². The summed E-state index contributed by atoms with van der Waals surface area (Å²) < 4.78 is 43.8. The minimum absolute atomic E-state index is 0.0642. The summed E-state index contributed by atoms with van der Waals surface area (Å²) in [5, 5.41) is 9.02. The maximum atomic E-state index is 12.6. The number of carbonyl (C=O) groups excluding carboxylic acids is 1. The first-order valence-electron chi connectivity index (χ1n) is 11.2. The van der Waals surface area contributed by atoms with E-state index in [9.17, 15) is 27.9 Å². The molecule has 1 saturated heterocycles. The van der Waals surface area contributed by atoms with Crippen molar-refractivity contribution in [3.8, 4) is 0 Å². The standard InChI is InChI=1S/C14H18N2O4.C9H9ClF3N2/c1-9-3-2-4-15(9)13(17)11-7-10(14(18)19)12-8-20-6-5-16(11)12;1-2-6(14)5-3-4-7(9(11,12)13)15-8(5)10/h7,9H,2-6,8H2,1H3,(H,18,19);3-4,6,14H,2H2,1H3/q;-1/t9-;6-/m01/s1. The van der Waals surface area contributed by atoms with E-state index in [-0.39, 0.29) is 29.3 Å². The molecule has 2 N–H and O–H groups in total. The van der Waals surface area contributed by atoms with Gasteiger partial charge in [0.2, 0.25) is 0 Å². The van der Waals surface area contributed by atoms with Crippen LogP contribution in [0, 0.1) is 0 Å². The molecular weight excluding hydrogens is 489 g/mol. The van der Waals surface area contributed by atoms with Crippen LogP contribution in [0.2, 0.25) is 5.15 Å². The van der Waals surface area contributed by atoms with Crippen molar-refractivity contribution in [1.82, 2.24) is 14.5 Å². The van der Waals surface area contributed by atoms with Crippen LogP contribution in [0.3, 0.4) is 0 Å². The van der Waals surface area contributed by atoms with Crippen molar-refractivity contribution in [2.45, 2.75) is 64.5 Å². The number of carbonyl (C=O) groups is 2. The van der Waals surface area contributed by atoms with Gasteiger partial charge in [-0.3, -0.25) is 4.79 Å². The predicted molar refractivity (Wildman–Crippen MR) is 122 cm³/mol.